The maximum Gasteiger partial charge on any atom is 0.166 e. The van der Waals surface area contributed by atoms with Gasteiger partial charge in [-0.2, -0.15) is 5.26 Å². The van der Waals surface area contributed by atoms with Gasteiger partial charge in [0.15, 0.2) is 17.3 Å². The van der Waals surface area contributed by atoms with Crippen LogP contribution in [0.4, 0.5) is 4.39 Å². The summed E-state index contributed by atoms with van der Waals surface area (Å²) in [6.07, 6.45) is 8.73. The van der Waals surface area contributed by atoms with Crippen molar-refractivity contribution in [3.8, 4) is 17.6 Å². The largest absolute Gasteiger partial charge is 0.493 e. The van der Waals surface area contributed by atoms with Crippen LogP contribution in [0, 0.1) is 23.1 Å². The van der Waals surface area contributed by atoms with Crippen LogP contribution >= 0.6 is 0 Å². The molecule has 1 aliphatic heterocycles. The zero-order chi connectivity index (χ0) is 27.5. The summed E-state index contributed by atoms with van der Waals surface area (Å²) in [4.78, 5) is 15.5. The second-order valence-corrected chi connectivity index (χ2v) is 10.4. The van der Waals surface area contributed by atoms with E-state index in [9.17, 15) is 14.4 Å². The minimum atomic E-state index is -0.700. The fraction of sp³-hybridized carbons (Fsp3) is 0.562. The van der Waals surface area contributed by atoms with Gasteiger partial charge in [0, 0.05) is 17.5 Å². The summed E-state index contributed by atoms with van der Waals surface area (Å²) in [5.74, 6) is 0.953. The number of hydrogen-bond donors (Lipinski definition) is 0. The molecule has 1 fully saturated rings. The molecule has 6 heteroatoms. The Hall–Kier alpha value is -2.91. The summed E-state index contributed by atoms with van der Waals surface area (Å²) in [7, 11) is 3.25. The number of unbranched alkanes of at least 4 members (excludes halogenated alkanes) is 4. The monoisotopic (exact) mass is 522 g/mol. The summed E-state index contributed by atoms with van der Waals surface area (Å²) < 4.78 is 24.4. The van der Waals surface area contributed by atoms with Gasteiger partial charge >= 0.3 is 0 Å². The van der Waals surface area contributed by atoms with E-state index in [4.69, 9.17) is 9.47 Å². The topological polar surface area (TPSA) is 62.6 Å². The van der Waals surface area contributed by atoms with Crippen LogP contribution in [0.2, 0.25) is 0 Å². The van der Waals surface area contributed by atoms with Crippen molar-refractivity contribution in [2.45, 2.75) is 83.1 Å². The van der Waals surface area contributed by atoms with E-state index < -0.39 is 5.41 Å². The van der Waals surface area contributed by atoms with Gasteiger partial charge in [-0.25, -0.2) is 4.39 Å². The number of carbonyl (C=O) groups excluding carboxylic acids is 1. The Bertz CT molecular complexity index is 1070. The Morgan fingerprint density at radius 2 is 1.68 bits per heavy atom. The molecule has 0 saturated carbocycles. The first kappa shape index (κ1) is 29.6. The molecule has 2 unspecified atom stereocenters. The SMILES string of the molecule is CCCCCCCC(C#N)(c1ccc(OC)c(OC)c1)C(CC)N1CCC(C(=O)c2ccc(F)cc2)CC1. The van der Waals surface area contributed by atoms with Gasteiger partial charge in [0.25, 0.3) is 0 Å². The standard InChI is InChI=1S/C32H43FN2O3/c1-5-7-8-9-10-19-32(23-34,26-13-16-28(37-3)29(22-26)38-4)30(6-2)35-20-17-25(18-21-35)31(36)24-11-14-27(33)15-12-24/h11-16,22,25,30H,5-10,17-21H2,1-4H3. The molecule has 1 heterocycles. The molecule has 206 valence electrons. The van der Waals surface area contributed by atoms with Gasteiger partial charge in [-0.15, -0.1) is 0 Å². The van der Waals surface area contributed by atoms with E-state index in [0.29, 0.717) is 17.1 Å². The van der Waals surface area contributed by atoms with Gasteiger partial charge in [0.1, 0.15) is 5.82 Å². The van der Waals surface area contributed by atoms with Crippen LogP contribution < -0.4 is 9.47 Å². The number of rotatable bonds is 14. The summed E-state index contributed by atoms with van der Waals surface area (Å²) in [5.41, 5.74) is 0.832. The third-order valence-electron chi connectivity index (χ3n) is 8.20. The summed E-state index contributed by atoms with van der Waals surface area (Å²) in [6, 6.07) is 14.5. The van der Waals surface area contributed by atoms with Gasteiger partial charge in [-0.3, -0.25) is 9.69 Å². The Morgan fingerprint density at radius 1 is 1.03 bits per heavy atom. The second-order valence-electron chi connectivity index (χ2n) is 10.4. The number of methoxy groups -OCH3 is 2. The quantitative estimate of drug-likeness (QED) is 0.192. The predicted octanol–water partition coefficient (Wildman–Crippen LogP) is 7.34. The first-order valence-corrected chi connectivity index (χ1v) is 14.1. The Balaban J connectivity index is 1.85. The molecule has 1 saturated heterocycles. The van der Waals surface area contributed by atoms with Gasteiger partial charge in [0.05, 0.1) is 25.7 Å². The van der Waals surface area contributed by atoms with E-state index in [1.54, 1.807) is 26.4 Å². The highest BCUT2D eigenvalue weighted by molar-refractivity contribution is 5.97. The molecule has 0 amide bonds. The van der Waals surface area contributed by atoms with Gasteiger partial charge < -0.3 is 9.47 Å². The minimum Gasteiger partial charge on any atom is -0.493 e. The molecule has 0 aromatic heterocycles. The number of likely N-dealkylation sites (tertiary alicyclic amines) is 1. The third-order valence-corrected chi connectivity index (χ3v) is 8.20. The van der Waals surface area contributed by atoms with E-state index in [-0.39, 0.29) is 23.6 Å². The van der Waals surface area contributed by atoms with Gasteiger partial charge in [0.2, 0.25) is 0 Å². The average molecular weight is 523 g/mol. The molecule has 0 aliphatic carbocycles. The second kappa shape index (κ2) is 14.3. The van der Waals surface area contributed by atoms with Crippen molar-refractivity contribution in [1.29, 1.82) is 5.26 Å². The van der Waals surface area contributed by atoms with Crippen molar-refractivity contribution >= 4 is 5.78 Å². The van der Waals surface area contributed by atoms with Gasteiger partial charge in [-0.05, 0) is 80.7 Å². The molecule has 2 atom stereocenters. The number of hydrogen-bond acceptors (Lipinski definition) is 5. The zero-order valence-corrected chi connectivity index (χ0v) is 23.5. The van der Waals surface area contributed by atoms with E-state index >= 15 is 0 Å². The van der Waals surface area contributed by atoms with Gasteiger partial charge in [-0.1, -0.05) is 52.0 Å². The van der Waals surface area contributed by atoms with E-state index in [1.165, 1.54) is 31.4 Å². The van der Waals surface area contributed by atoms with Crippen LogP contribution in [0.15, 0.2) is 42.5 Å². The Kier molecular flexibility index (Phi) is 11.2. The molecular formula is C32H43FN2O3. The highest BCUT2D eigenvalue weighted by atomic mass is 19.1. The average Bonchev–Trinajstić information content (AvgIpc) is 2.96. The van der Waals surface area contributed by atoms with E-state index in [1.807, 2.05) is 18.2 Å². The normalized spacial score (nSPS) is 16.8. The maximum absolute atomic E-state index is 13.3. The van der Waals surface area contributed by atoms with Crippen molar-refractivity contribution < 1.29 is 18.7 Å². The number of ketones is 1. The number of ether oxygens (including phenoxy) is 2. The number of benzene rings is 2. The Morgan fingerprint density at radius 3 is 2.26 bits per heavy atom. The number of Topliss-reactive ketones (excluding diaryl/α,β-unsaturated/α-hetero) is 1. The molecule has 2 aromatic carbocycles. The van der Waals surface area contributed by atoms with Crippen molar-refractivity contribution in [2.75, 3.05) is 27.3 Å². The summed E-state index contributed by atoms with van der Waals surface area (Å²) >= 11 is 0. The smallest absolute Gasteiger partial charge is 0.166 e. The lowest BCUT2D eigenvalue weighted by molar-refractivity contribution is 0.0685. The minimum absolute atomic E-state index is 0.0126. The molecule has 0 N–H and O–H groups in total. The summed E-state index contributed by atoms with van der Waals surface area (Å²) in [5, 5.41) is 10.8. The predicted molar refractivity (Wildman–Crippen MR) is 149 cm³/mol. The molecule has 3 rings (SSSR count). The number of carbonyl (C=O) groups is 1. The molecular weight excluding hydrogens is 479 g/mol. The lowest BCUT2D eigenvalue weighted by atomic mass is 9.69. The van der Waals surface area contributed by atoms with Crippen molar-refractivity contribution in [2.24, 2.45) is 5.92 Å². The fourth-order valence-electron chi connectivity index (χ4n) is 6.06. The van der Waals surface area contributed by atoms with Crippen molar-refractivity contribution in [1.82, 2.24) is 4.90 Å². The number of halogens is 1. The Labute approximate surface area is 227 Å². The summed E-state index contributed by atoms with van der Waals surface area (Å²) in [6.45, 7) is 5.87. The van der Waals surface area contributed by atoms with Crippen LogP contribution in [0.1, 0.15) is 87.6 Å². The maximum atomic E-state index is 13.3. The first-order valence-electron chi connectivity index (χ1n) is 14.1. The highest BCUT2D eigenvalue weighted by Crippen LogP contribution is 2.42. The highest BCUT2D eigenvalue weighted by Gasteiger charge is 2.44. The van der Waals surface area contributed by atoms with Crippen molar-refractivity contribution in [3.63, 3.8) is 0 Å². The molecule has 0 radical (unpaired) electrons. The van der Waals surface area contributed by atoms with Crippen LogP contribution in [-0.2, 0) is 5.41 Å². The number of piperidine rings is 1. The molecule has 5 nitrogen and oxygen atoms in total. The van der Waals surface area contributed by atoms with Crippen molar-refractivity contribution in [3.05, 3.63) is 59.4 Å². The van der Waals surface area contributed by atoms with Crippen LogP contribution in [0.25, 0.3) is 0 Å². The lowest BCUT2D eigenvalue weighted by Gasteiger charge is -2.45. The number of nitrogens with zero attached hydrogens (tertiary/aromatic N) is 2. The van der Waals surface area contributed by atoms with Crippen LogP contribution in [-0.4, -0.2) is 44.0 Å². The molecule has 1 aliphatic rings. The van der Waals surface area contributed by atoms with E-state index in [0.717, 1.165) is 57.2 Å². The van der Waals surface area contributed by atoms with Crippen LogP contribution in [0.5, 0.6) is 11.5 Å². The number of nitriles is 1. The third kappa shape index (κ3) is 6.74. The molecule has 0 bridgehead atoms. The van der Waals surface area contributed by atoms with E-state index in [2.05, 4.69) is 24.8 Å². The van der Waals surface area contributed by atoms with Crippen LogP contribution in [0.3, 0.4) is 0 Å². The molecule has 38 heavy (non-hydrogen) atoms. The molecule has 2 aromatic rings. The first-order chi connectivity index (χ1) is 18.4. The fourth-order valence-corrected chi connectivity index (χ4v) is 6.06. The zero-order valence-electron chi connectivity index (χ0n) is 23.5. The lowest BCUT2D eigenvalue weighted by Crippen LogP contribution is -2.53. The molecule has 0 spiro atoms.